The number of hydrogen-bond acceptors (Lipinski definition) is 5. The minimum Gasteiger partial charge on any atom is -0.459 e. The first kappa shape index (κ1) is 23.7. The molecule has 5 nitrogen and oxygen atoms in total. The van der Waals surface area contributed by atoms with Gasteiger partial charge in [0.15, 0.2) is 6.10 Å². The highest BCUT2D eigenvalue weighted by Crippen LogP contribution is 2.61. The van der Waals surface area contributed by atoms with Crippen LogP contribution in [0, 0.1) is 17.8 Å². The van der Waals surface area contributed by atoms with Gasteiger partial charge in [-0.05, 0) is 49.8 Å². The number of rotatable bonds is 6. The van der Waals surface area contributed by atoms with Crippen LogP contribution >= 0.6 is 0 Å². The van der Waals surface area contributed by atoms with Gasteiger partial charge in [-0.1, -0.05) is 63.6 Å². The zero-order valence-corrected chi connectivity index (χ0v) is 20.6. The Morgan fingerprint density at radius 1 is 1.12 bits per heavy atom. The molecule has 178 valence electrons. The largest absolute Gasteiger partial charge is 0.459 e. The van der Waals surface area contributed by atoms with Crippen molar-refractivity contribution >= 4 is 18.0 Å². The Labute approximate surface area is 197 Å². The van der Waals surface area contributed by atoms with E-state index < -0.39 is 17.3 Å². The molecule has 2 fully saturated rings. The van der Waals surface area contributed by atoms with E-state index in [1.807, 2.05) is 44.2 Å². The number of hydrogen-bond donors (Lipinski definition) is 0. The van der Waals surface area contributed by atoms with Crippen molar-refractivity contribution in [1.82, 2.24) is 0 Å². The highest BCUT2D eigenvalue weighted by molar-refractivity contribution is 5.87. The minimum absolute atomic E-state index is 0.0627. The van der Waals surface area contributed by atoms with Crippen LogP contribution < -0.4 is 0 Å². The van der Waals surface area contributed by atoms with Crippen molar-refractivity contribution in [3.05, 3.63) is 53.1 Å². The summed E-state index contributed by atoms with van der Waals surface area (Å²) in [6.45, 7) is 12.1. The molecule has 5 heteroatoms. The monoisotopic (exact) mass is 452 g/mol. The second-order valence-corrected chi connectivity index (χ2v) is 10.6. The van der Waals surface area contributed by atoms with Crippen LogP contribution in [0.3, 0.4) is 0 Å². The fraction of sp³-hybridized carbons (Fsp3) is 0.571. The number of ether oxygens (including phenoxy) is 3. The van der Waals surface area contributed by atoms with Crippen molar-refractivity contribution in [2.24, 2.45) is 17.8 Å². The van der Waals surface area contributed by atoms with Gasteiger partial charge in [0.05, 0.1) is 5.92 Å². The quantitative estimate of drug-likeness (QED) is 0.324. The van der Waals surface area contributed by atoms with E-state index in [1.165, 1.54) is 17.2 Å². The van der Waals surface area contributed by atoms with Gasteiger partial charge in [0.1, 0.15) is 17.3 Å². The Balaban J connectivity index is 1.68. The Morgan fingerprint density at radius 2 is 1.82 bits per heavy atom. The lowest BCUT2D eigenvalue weighted by Gasteiger charge is -2.50. The van der Waals surface area contributed by atoms with Gasteiger partial charge in [0.25, 0.3) is 0 Å². The first-order valence-electron chi connectivity index (χ1n) is 12.1. The van der Waals surface area contributed by atoms with E-state index in [0.29, 0.717) is 6.42 Å². The van der Waals surface area contributed by atoms with Crippen molar-refractivity contribution in [2.75, 3.05) is 0 Å². The minimum atomic E-state index is -0.732. The van der Waals surface area contributed by atoms with Gasteiger partial charge >= 0.3 is 11.9 Å². The SMILES string of the molecule is CC1=C2[C@@H](CC1)[C@]1(C)O[C@@](C(C)C)(C[C@H]1OC(=O)C(C)C)[C@H]2OC(=O)/C=C/c1ccccc1. The van der Waals surface area contributed by atoms with Crippen LogP contribution in [0.5, 0.6) is 0 Å². The lowest BCUT2D eigenvalue weighted by Crippen LogP contribution is -2.58. The van der Waals surface area contributed by atoms with Crippen LogP contribution in [-0.2, 0) is 23.8 Å². The Morgan fingerprint density at radius 3 is 2.45 bits per heavy atom. The fourth-order valence-electron chi connectivity index (χ4n) is 5.83. The highest BCUT2D eigenvalue weighted by atomic mass is 16.6. The maximum Gasteiger partial charge on any atom is 0.331 e. The van der Waals surface area contributed by atoms with Crippen LogP contribution in [0.25, 0.3) is 6.08 Å². The second-order valence-electron chi connectivity index (χ2n) is 10.6. The molecule has 33 heavy (non-hydrogen) atoms. The van der Waals surface area contributed by atoms with Crippen LogP contribution in [-0.4, -0.2) is 35.3 Å². The first-order valence-corrected chi connectivity index (χ1v) is 12.1. The molecular weight excluding hydrogens is 416 g/mol. The molecule has 2 heterocycles. The molecule has 2 aliphatic heterocycles. The van der Waals surface area contributed by atoms with Crippen molar-refractivity contribution < 1.29 is 23.8 Å². The maximum atomic E-state index is 13.0. The molecule has 2 saturated heterocycles. The van der Waals surface area contributed by atoms with E-state index in [2.05, 4.69) is 27.7 Å². The Bertz CT molecular complexity index is 975. The smallest absolute Gasteiger partial charge is 0.331 e. The van der Waals surface area contributed by atoms with Gasteiger partial charge in [-0.3, -0.25) is 4.79 Å². The topological polar surface area (TPSA) is 61.8 Å². The first-order chi connectivity index (χ1) is 15.6. The third-order valence-corrected chi connectivity index (χ3v) is 7.80. The third-order valence-electron chi connectivity index (χ3n) is 7.80. The molecule has 3 aliphatic rings. The van der Waals surface area contributed by atoms with Gasteiger partial charge in [-0.15, -0.1) is 0 Å². The van der Waals surface area contributed by atoms with E-state index >= 15 is 0 Å². The molecule has 0 radical (unpaired) electrons. The predicted octanol–water partition coefficient (Wildman–Crippen LogP) is 5.49. The summed E-state index contributed by atoms with van der Waals surface area (Å²) in [6, 6.07) is 9.69. The predicted molar refractivity (Wildman–Crippen MR) is 127 cm³/mol. The summed E-state index contributed by atoms with van der Waals surface area (Å²) in [7, 11) is 0. The van der Waals surface area contributed by atoms with E-state index in [0.717, 1.165) is 18.4 Å². The van der Waals surface area contributed by atoms with Gasteiger partial charge in [-0.25, -0.2) is 4.79 Å². The third kappa shape index (κ3) is 4.05. The molecule has 4 rings (SSSR count). The van der Waals surface area contributed by atoms with Gasteiger partial charge in [0, 0.05) is 18.4 Å². The zero-order valence-electron chi connectivity index (χ0n) is 20.6. The number of allylic oxidation sites excluding steroid dienone is 1. The Kier molecular flexibility index (Phi) is 6.30. The van der Waals surface area contributed by atoms with Gasteiger partial charge in [0.2, 0.25) is 0 Å². The molecule has 5 atom stereocenters. The maximum absolute atomic E-state index is 13.0. The number of carbonyl (C=O) groups excluding carboxylic acids is 2. The van der Waals surface area contributed by atoms with Crippen LogP contribution in [0.1, 0.15) is 66.4 Å². The number of esters is 2. The molecule has 0 spiro atoms. The van der Waals surface area contributed by atoms with E-state index in [1.54, 1.807) is 6.08 Å². The molecule has 1 aromatic carbocycles. The van der Waals surface area contributed by atoms with Crippen molar-refractivity contribution in [3.63, 3.8) is 0 Å². The average Bonchev–Trinajstić information content (AvgIpc) is 3.28. The Hall–Kier alpha value is -2.40. The van der Waals surface area contributed by atoms with Crippen molar-refractivity contribution in [2.45, 2.75) is 84.2 Å². The number of benzene rings is 1. The molecule has 0 unspecified atom stereocenters. The standard InChI is InChI=1S/C28H36O5/c1-17(2)26(30)31-22-16-28(18(3)4)25(24-19(5)12-14-21(24)27(22,6)33-28)32-23(29)15-13-20-10-8-7-9-11-20/h7-11,13,15,17-18,21-22,25H,12,14,16H2,1-6H3/b15-13+/t21-,22-,25+,27+,28-/m1/s1. The summed E-state index contributed by atoms with van der Waals surface area (Å²) in [6.07, 6.45) is 4.77. The van der Waals surface area contributed by atoms with E-state index in [-0.39, 0.29) is 35.8 Å². The lowest BCUT2D eigenvalue weighted by molar-refractivity contribution is -0.223. The average molecular weight is 453 g/mol. The fourth-order valence-corrected chi connectivity index (χ4v) is 5.83. The van der Waals surface area contributed by atoms with Gasteiger partial charge < -0.3 is 14.2 Å². The van der Waals surface area contributed by atoms with Crippen LogP contribution in [0.2, 0.25) is 0 Å². The molecule has 0 amide bonds. The molecule has 1 aromatic rings. The molecule has 0 saturated carbocycles. The summed E-state index contributed by atoms with van der Waals surface area (Å²) in [5.41, 5.74) is 2.02. The summed E-state index contributed by atoms with van der Waals surface area (Å²) in [4.78, 5) is 25.5. The van der Waals surface area contributed by atoms with Gasteiger partial charge in [-0.2, -0.15) is 0 Å². The normalized spacial score (nSPS) is 33.2. The number of fused-ring (bicyclic) bond motifs is 4. The molecule has 0 N–H and O–H groups in total. The summed E-state index contributed by atoms with van der Waals surface area (Å²) >= 11 is 0. The molecule has 1 aliphatic carbocycles. The van der Waals surface area contributed by atoms with Crippen LogP contribution in [0.4, 0.5) is 0 Å². The van der Waals surface area contributed by atoms with Crippen LogP contribution in [0.15, 0.2) is 47.6 Å². The van der Waals surface area contributed by atoms with E-state index in [4.69, 9.17) is 14.2 Å². The summed E-state index contributed by atoms with van der Waals surface area (Å²) < 4.78 is 19.1. The molecular formula is C28H36O5. The lowest BCUT2D eigenvalue weighted by atomic mass is 9.74. The summed E-state index contributed by atoms with van der Waals surface area (Å²) in [5.74, 6) is -0.674. The zero-order chi connectivity index (χ0) is 24.0. The van der Waals surface area contributed by atoms with E-state index in [9.17, 15) is 9.59 Å². The molecule has 2 bridgehead atoms. The second kappa shape index (κ2) is 8.75. The van der Waals surface area contributed by atoms with Crippen molar-refractivity contribution in [1.29, 1.82) is 0 Å². The molecule has 0 aromatic heterocycles. The number of carbonyl (C=O) groups is 2. The highest BCUT2D eigenvalue weighted by Gasteiger charge is 2.70. The summed E-state index contributed by atoms with van der Waals surface area (Å²) in [5, 5.41) is 0. The van der Waals surface area contributed by atoms with Crippen molar-refractivity contribution in [3.8, 4) is 0 Å².